The van der Waals surface area contributed by atoms with E-state index >= 15 is 0 Å². The van der Waals surface area contributed by atoms with E-state index in [2.05, 4.69) is 40.4 Å². The second kappa shape index (κ2) is 10.9. The van der Waals surface area contributed by atoms with E-state index in [0.717, 1.165) is 10.2 Å². The van der Waals surface area contributed by atoms with Gasteiger partial charge in [0.15, 0.2) is 5.11 Å². The fraction of sp³-hybridized carbons (Fsp3) is 0.522. The smallest absolute Gasteiger partial charge is 0.328 e. The Balaban J connectivity index is 1.72. The van der Waals surface area contributed by atoms with Crippen LogP contribution in [0.15, 0.2) is 34.3 Å². The van der Waals surface area contributed by atoms with Crippen molar-refractivity contribution in [3.63, 3.8) is 0 Å². The lowest BCUT2D eigenvalue weighted by Crippen LogP contribution is -2.52. The van der Waals surface area contributed by atoms with Crippen LogP contribution in [0.4, 0.5) is 5.69 Å². The minimum atomic E-state index is -1.15. The molecule has 0 radical (unpaired) electrons. The van der Waals surface area contributed by atoms with Gasteiger partial charge in [-0.3, -0.25) is 4.79 Å². The molecule has 1 aromatic rings. The van der Waals surface area contributed by atoms with E-state index in [1.807, 2.05) is 18.2 Å². The van der Waals surface area contributed by atoms with Crippen LogP contribution in [0.3, 0.4) is 0 Å². The lowest BCUT2D eigenvalue weighted by atomic mass is 9.89. The second-order valence-corrected chi connectivity index (χ2v) is 9.91. The number of halogens is 1. The van der Waals surface area contributed by atoms with Crippen LogP contribution in [-0.4, -0.2) is 70.0 Å². The van der Waals surface area contributed by atoms with Crippen molar-refractivity contribution in [3.8, 4) is 0 Å². The van der Waals surface area contributed by atoms with Gasteiger partial charge in [-0.2, -0.15) is 0 Å². The van der Waals surface area contributed by atoms with E-state index in [4.69, 9.17) is 17.0 Å². The number of aliphatic hydroxyl groups excluding tert-OH is 2. The Morgan fingerprint density at radius 2 is 2.03 bits per heavy atom. The summed E-state index contributed by atoms with van der Waals surface area (Å²) >= 11 is 8.95. The number of carbonyl (C=O) groups is 2. The van der Waals surface area contributed by atoms with Crippen LogP contribution in [0, 0.1) is 0 Å². The first-order chi connectivity index (χ1) is 15.6. The number of nitrogens with zero attached hydrogens (tertiary/aromatic N) is 1. The molecular formula is C23H30BrN3O5S. The van der Waals surface area contributed by atoms with Crippen molar-refractivity contribution in [2.24, 2.45) is 0 Å². The number of hydrogen-bond acceptors (Lipinski definition) is 6. The Kier molecular flexibility index (Phi) is 8.49. The van der Waals surface area contributed by atoms with Gasteiger partial charge < -0.3 is 30.5 Å². The maximum absolute atomic E-state index is 13.1. The van der Waals surface area contributed by atoms with E-state index < -0.39 is 30.3 Å². The Hall–Kier alpha value is -2.01. The lowest BCUT2D eigenvalue weighted by Gasteiger charge is -2.33. The zero-order valence-electron chi connectivity index (χ0n) is 18.9. The average Bonchev–Trinajstić information content (AvgIpc) is 3.26. The lowest BCUT2D eigenvalue weighted by molar-refractivity contribution is -0.150. The molecule has 0 bridgehead atoms. The van der Waals surface area contributed by atoms with E-state index in [1.54, 1.807) is 6.08 Å². The molecule has 1 saturated heterocycles. The molecule has 1 aliphatic heterocycles. The number of rotatable bonds is 5. The summed E-state index contributed by atoms with van der Waals surface area (Å²) in [6, 6.07) is 4.52. The number of nitrogens with one attached hydrogen (secondary N) is 2. The normalized spacial score (nSPS) is 24.9. The predicted molar refractivity (Wildman–Crippen MR) is 133 cm³/mol. The van der Waals surface area contributed by atoms with Crippen LogP contribution in [0.1, 0.15) is 44.6 Å². The molecule has 1 aromatic carbocycles. The van der Waals surface area contributed by atoms with E-state index in [-0.39, 0.29) is 17.4 Å². The number of thiocarbonyl (C=S) groups is 1. The van der Waals surface area contributed by atoms with Gasteiger partial charge in [0.2, 0.25) is 5.91 Å². The summed E-state index contributed by atoms with van der Waals surface area (Å²) in [5, 5.41) is 27.2. The van der Waals surface area contributed by atoms with Crippen molar-refractivity contribution in [2.75, 3.05) is 19.0 Å². The van der Waals surface area contributed by atoms with Crippen molar-refractivity contribution in [1.29, 1.82) is 0 Å². The Morgan fingerprint density at radius 1 is 1.30 bits per heavy atom. The second-order valence-electron chi connectivity index (χ2n) is 8.65. The molecule has 1 fully saturated rings. The number of ether oxygens (including phenoxy) is 1. The SMILES string of the molecule is COC(=O)[C@H]1CCCN1C(=O)C1=C[C@@H](NC(=S)Nc2ccc(C(C)C)cc2Br)[C@@H](O)[C@H](O)C1. The van der Waals surface area contributed by atoms with Gasteiger partial charge in [-0.05, 0) is 64.6 Å². The zero-order valence-corrected chi connectivity index (χ0v) is 21.3. The Morgan fingerprint density at radius 3 is 2.67 bits per heavy atom. The fourth-order valence-corrected chi connectivity index (χ4v) is 4.87. The van der Waals surface area contributed by atoms with Crippen LogP contribution in [0.2, 0.25) is 0 Å². The van der Waals surface area contributed by atoms with Crippen LogP contribution in [0.25, 0.3) is 0 Å². The van der Waals surface area contributed by atoms with Gasteiger partial charge in [-0.25, -0.2) is 4.79 Å². The molecule has 1 aliphatic carbocycles. The number of likely N-dealkylation sites (tertiary alicyclic amines) is 1. The van der Waals surface area contributed by atoms with Crippen LogP contribution >= 0.6 is 28.1 Å². The fourth-order valence-electron chi connectivity index (χ4n) is 4.13. The number of esters is 1. The van der Waals surface area contributed by atoms with Crippen molar-refractivity contribution in [1.82, 2.24) is 10.2 Å². The van der Waals surface area contributed by atoms with Gasteiger partial charge in [-0.1, -0.05) is 26.0 Å². The monoisotopic (exact) mass is 539 g/mol. The number of benzene rings is 1. The molecule has 33 heavy (non-hydrogen) atoms. The highest BCUT2D eigenvalue weighted by atomic mass is 79.9. The van der Waals surface area contributed by atoms with Crippen molar-refractivity contribution in [2.45, 2.75) is 63.3 Å². The predicted octanol–water partition coefficient (Wildman–Crippen LogP) is 2.44. The maximum atomic E-state index is 13.1. The zero-order chi connectivity index (χ0) is 24.3. The van der Waals surface area contributed by atoms with Gasteiger partial charge in [-0.15, -0.1) is 0 Å². The molecule has 0 aromatic heterocycles. The van der Waals surface area contributed by atoms with Gasteiger partial charge in [0.25, 0.3) is 0 Å². The third kappa shape index (κ3) is 5.92. The molecule has 3 rings (SSSR count). The minimum absolute atomic E-state index is 0.00895. The Bertz CT molecular complexity index is 954. The minimum Gasteiger partial charge on any atom is -0.467 e. The van der Waals surface area contributed by atoms with Gasteiger partial charge in [0.05, 0.1) is 24.9 Å². The average molecular weight is 540 g/mol. The van der Waals surface area contributed by atoms with E-state index in [0.29, 0.717) is 30.9 Å². The number of aliphatic hydroxyl groups is 2. The molecule has 180 valence electrons. The van der Waals surface area contributed by atoms with E-state index in [1.165, 1.54) is 17.6 Å². The summed E-state index contributed by atoms with van der Waals surface area (Å²) in [6.45, 7) is 4.65. The van der Waals surface area contributed by atoms with Gasteiger partial charge >= 0.3 is 5.97 Å². The highest BCUT2D eigenvalue weighted by Crippen LogP contribution is 2.28. The highest BCUT2D eigenvalue weighted by molar-refractivity contribution is 9.10. The molecule has 0 saturated carbocycles. The number of methoxy groups -OCH3 is 1. The van der Waals surface area contributed by atoms with Crippen molar-refractivity contribution < 1.29 is 24.5 Å². The standard InChI is InChI=1S/C23H30BrN3O5S/c1-12(2)13-6-7-16(15(24)9-13)25-23(33)26-17-10-14(11-19(28)20(17)29)21(30)27-8-4-5-18(27)22(31)32-3/h6-7,9-10,12,17-20,28-29H,4-5,8,11H2,1-3H3,(H2,25,26,33)/t17-,18-,19-,20-/m1/s1. The summed E-state index contributed by atoms with van der Waals surface area (Å²) in [5.41, 5.74) is 2.25. The molecule has 0 unspecified atom stereocenters. The molecule has 1 heterocycles. The molecule has 8 nitrogen and oxygen atoms in total. The maximum Gasteiger partial charge on any atom is 0.328 e. The molecule has 4 N–H and O–H groups in total. The molecule has 4 atom stereocenters. The third-order valence-corrected chi connectivity index (χ3v) is 6.92. The van der Waals surface area contributed by atoms with Gasteiger partial charge in [0, 0.05) is 23.0 Å². The van der Waals surface area contributed by atoms with Crippen molar-refractivity contribution in [3.05, 3.63) is 39.9 Å². The molecule has 10 heteroatoms. The summed E-state index contributed by atoms with van der Waals surface area (Å²) < 4.78 is 5.66. The summed E-state index contributed by atoms with van der Waals surface area (Å²) in [6.07, 6.45) is 0.511. The first-order valence-corrected chi connectivity index (χ1v) is 12.1. The van der Waals surface area contributed by atoms with Crippen LogP contribution in [0.5, 0.6) is 0 Å². The molecule has 1 amide bonds. The first-order valence-electron chi connectivity index (χ1n) is 10.9. The van der Waals surface area contributed by atoms with Gasteiger partial charge in [0.1, 0.15) is 12.1 Å². The summed E-state index contributed by atoms with van der Waals surface area (Å²) in [5.74, 6) is -0.409. The number of hydrogen-bond donors (Lipinski definition) is 4. The highest BCUT2D eigenvalue weighted by Gasteiger charge is 2.39. The summed E-state index contributed by atoms with van der Waals surface area (Å²) in [4.78, 5) is 26.6. The van der Waals surface area contributed by atoms with Crippen LogP contribution in [-0.2, 0) is 14.3 Å². The number of carbonyl (C=O) groups excluding carboxylic acids is 2. The topological polar surface area (TPSA) is 111 Å². The first kappa shape index (κ1) is 25.6. The molecular weight excluding hydrogens is 510 g/mol. The number of amides is 1. The molecule has 0 spiro atoms. The van der Waals surface area contributed by atoms with Crippen molar-refractivity contribution >= 4 is 50.8 Å². The quantitative estimate of drug-likeness (QED) is 0.333. The largest absolute Gasteiger partial charge is 0.467 e. The summed E-state index contributed by atoms with van der Waals surface area (Å²) in [7, 11) is 1.30. The van der Waals surface area contributed by atoms with E-state index in [9.17, 15) is 19.8 Å². The molecule has 2 aliphatic rings. The number of anilines is 1. The Labute approximate surface area is 207 Å². The van der Waals surface area contributed by atoms with Crippen LogP contribution < -0.4 is 10.6 Å². The third-order valence-electron chi connectivity index (χ3n) is 6.04.